The van der Waals surface area contributed by atoms with Gasteiger partial charge < -0.3 is 9.47 Å². The maximum atomic E-state index is 12.5. The molecule has 0 saturated carbocycles. The van der Waals surface area contributed by atoms with Gasteiger partial charge in [0.05, 0.1) is 22.3 Å². The summed E-state index contributed by atoms with van der Waals surface area (Å²) in [6.45, 7) is -0.210. The average molecular weight is 382 g/mol. The number of cyclic esters (lactones) is 1. The van der Waals surface area contributed by atoms with Gasteiger partial charge in [-0.2, -0.15) is 0 Å². The first-order valence-corrected chi connectivity index (χ1v) is 9.04. The standard InChI is InChI=1S/C19H14N2O5S/c22-16(21-9-10-25-19(21)24)11-26-18(23)13-6-2-1-5-12(13)17-20-14-7-3-4-8-15(14)27-17/h1-8H,9-11H2. The molecule has 1 aromatic heterocycles. The molecule has 4 rings (SSSR count). The fraction of sp³-hybridized carbons (Fsp3) is 0.158. The van der Waals surface area contributed by atoms with Crippen LogP contribution in [0, 0.1) is 0 Å². The molecule has 0 radical (unpaired) electrons. The van der Waals surface area contributed by atoms with E-state index >= 15 is 0 Å². The molecule has 7 nitrogen and oxygen atoms in total. The summed E-state index contributed by atoms with van der Waals surface area (Å²) in [5.41, 5.74) is 1.80. The molecule has 27 heavy (non-hydrogen) atoms. The lowest BCUT2D eigenvalue weighted by molar-refractivity contribution is -0.131. The maximum Gasteiger partial charge on any atom is 0.416 e. The van der Waals surface area contributed by atoms with E-state index in [0.29, 0.717) is 16.1 Å². The second-order valence-electron chi connectivity index (χ2n) is 5.77. The summed E-state index contributed by atoms with van der Waals surface area (Å²) in [5.74, 6) is -1.26. The van der Waals surface area contributed by atoms with Crippen LogP contribution < -0.4 is 0 Å². The van der Waals surface area contributed by atoms with E-state index in [1.165, 1.54) is 11.3 Å². The molecule has 0 N–H and O–H groups in total. The first kappa shape index (κ1) is 17.2. The van der Waals surface area contributed by atoms with Gasteiger partial charge in [-0.1, -0.05) is 30.3 Å². The van der Waals surface area contributed by atoms with Crippen LogP contribution in [-0.2, 0) is 14.3 Å². The smallest absolute Gasteiger partial charge is 0.416 e. The third kappa shape index (κ3) is 3.39. The zero-order valence-corrected chi connectivity index (χ0v) is 14.9. The van der Waals surface area contributed by atoms with Crippen LogP contribution in [0.5, 0.6) is 0 Å². The Balaban J connectivity index is 1.54. The Labute approximate surface area is 158 Å². The number of imide groups is 1. The van der Waals surface area contributed by atoms with Gasteiger partial charge in [0.1, 0.15) is 11.6 Å². The maximum absolute atomic E-state index is 12.5. The van der Waals surface area contributed by atoms with Crippen molar-refractivity contribution < 1.29 is 23.9 Å². The predicted octanol–water partition coefficient (Wildman–Crippen LogP) is 3.10. The van der Waals surface area contributed by atoms with Gasteiger partial charge in [-0.05, 0) is 18.2 Å². The SMILES string of the molecule is O=C(OCC(=O)N1CCOC1=O)c1ccccc1-c1nc2ccccc2s1. The van der Waals surface area contributed by atoms with Gasteiger partial charge >= 0.3 is 12.1 Å². The highest BCUT2D eigenvalue weighted by Crippen LogP contribution is 2.32. The Morgan fingerprint density at radius 2 is 1.93 bits per heavy atom. The Morgan fingerprint density at radius 1 is 1.15 bits per heavy atom. The first-order chi connectivity index (χ1) is 13.1. The number of aromatic nitrogens is 1. The van der Waals surface area contributed by atoms with E-state index < -0.39 is 24.6 Å². The van der Waals surface area contributed by atoms with Crippen LogP contribution in [-0.4, -0.2) is 47.6 Å². The van der Waals surface area contributed by atoms with Crippen molar-refractivity contribution in [1.82, 2.24) is 9.88 Å². The van der Waals surface area contributed by atoms with Gasteiger partial charge in [-0.25, -0.2) is 19.5 Å². The molecule has 0 spiro atoms. The monoisotopic (exact) mass is 382 g/mol. The van der Waals surface area contributed by atoms with Crippen molar-refractivity contribution in [2.24, 2.45) is 0 Å². The minimum atomic E-state index is -0.717. The second-order valence-corrected chi connectivity index (χ2v) is 6.80. The Hall–Kier alpha value is -3.26. The average Bonchev–Trinajstić information content (AvgIpc) is 3.31. The lowest BCUT2D eigenvalue weighted by Gasteiger charge is -2.11. The molecule has 2 heterocycles. The van der Waals surface area contributed by atoms with Crippen molar-refractivity contribution in [3.05, 3.63) is 54.1 Å². The molecule has 0 atom stereocenters. The molecule has 0 unspecified atom stereocenters. The van der Waals surface area contributed by atoms with Crippen molar-refractivity contribution in [1.29, 1.82) is 0 Å². The number of amides is 2. The number of esters is 1. The van der Waals surface area contributed by atoms with Crippen molar-refractivity contribution in [2.75, 3.05) is 19.8 Å². The zero-order valence-electron chi connectivity index (χ0n) is 14.1. The summed E-state index contributed by atoms with van der Waals surface area (Å²) < 4.78 is 10.8. The van der Waals surface area contributed by atoms with E-state index in [0.717, 1.165) is 15.1 Å². The van der Waals surface area contributed by atoms with E-state index in [1.54, 1.807) is 18.2 Å². The number of rotatable bonds is 4. The van der Waals surface area contributed by atoms with Crippen LogP contribution in [0.15, 0.2) is 48.5 Å². The van der Waals surface area contributed by atoms with Crippen molar-refractivity contribution in [3.8, 4) is 10.6 Å². The molecular formula is C19H14N2O5S. The Morgan fingerprint density at radius 3 is 2.70 bits per heavy atom. The highest BCUT2D eigenvalue weighted by Gasteiger charge is 2.29. The second kappa shape index (κ2) is 7.16. The van der Waals surface area contributed by atoms with E-state index in [1.807, 2.05) is 30.3 Å². The fourth-order valence-electron chi connectivity index (χ4n) is 2.74. The predicted molar refractivity (Wildman–Crippen MR) is 98.4 cm³/mol. The minimum absolute atomic E-state index is 0.152. The lowest BCUT2D eigenvalue weighted by Crippen LogP contribution is -2.35. The summed E-state index contributed by atoms with van der Waals surface area (Å²) in [7, 11) is 0. The number of carbonyl (C=O) groups excluding carboxylic acids is 3. The van der Waals surface area contributed by atoms with E-state index in [-0.39, 0.29) is 13.2 Å². The minimum Gasteiger partial charge on any atom is -0.452 e. The molecular weight excluding hydrogens is 368 g/mol. The molecule has 1 aliphatic heterocycles. The molecule has 3 aromatic rings. The van der Waals surface area contributed by atoms with Crippen LogP contribution >= 0.6 is 11.3 Å². The van der Waals surface area contributed by atoms with Crippen molar-refractivity contribution >= 4 is 39.5 Å². The number of thiazole rings is 1. The topological polar surface area (TPSA) is 85.8 Å². The van der Waals surface area contributed by atoms with Crippen LogP contribution in [0.2, 0.25) is 0 Å². The summed E-state index contributed by atoms with van der Waals surface area (Å²) >= 11 is 1.47. The van der Waals surface area contributed by atoms with Gasteiger partial charge in [-0.15, -0.1) is 11.3 Å². The summed E-state index contributed by atoms with van der Waals surface area (Å²) in [6.07, 6.45) is -0.717. The molecule has 136 valence electrons. The number of carbonyl (C=O) groups is 3. The van der Waals surface area contributed by atoms with Gasteiger partial charge in [0.15, 0.2) is 6.61 Å². The third-order valence-electron chi connectivity index (χ3n) is 4.06. The van der Waals surface area contributed by atoms with Crippen LogP contribution in [0.25, 0.3) is 20.8 Å². The largest absolute Gasteiger partial charge is 0.452 e. The molecule has 1 aliphatic rings. The van der Waals surface area contributed by atoms with Gasteiger partial charge in [-0.3, -0.25) is 4.79 Å². The third-order valence-corrected chi connectivity index (χ3v) is 5.13. The number of ether oxygens (including phenoxy) is 2. The highest BCUT2D eigenvalue weighted by molar-refractivity contribution is 7.21. The summed E-state index contributed by atoms with van der Waals surface area (Å²) in [6, 6.07) is 14.6. The quantitative estimate of drug-likeness (QED) is 0.645. The number of fused-ring (bicyclic) bond motifs is 1. The van der Waals surface area contributed by atoms with E-state index in [9.17, 15) is 14.4 Å². The molecule has 8 heteroatoms. The molecule has 1 saturated heterocycles. The van der Waals surface area contributed by atoms with E-state index in [2.05, 4.69) is 4.98 Å². The summed E-state index contributed by atoms with van der Waals surface area (Å²) in [4.78, 5) is 41.4. The number of para-hydroxylation sites is 1. The van der Waals surface area contributed by atoms with Gasteiger partial charge in [0, 0.05) is 5.56 Å². The van der Waals surface area contributed by atoms with Crippen molar-refractivity contribution in [3.63, 3.8) is 0 Å². The lowest BCUT2D eigenvalue weighted by atomic mass is 10.1. The molecule has 1 fully saturated rings. The Kier molecular flexibility index (Phi) is 4.55. The molecule has 2 aromatic carbocycles. The van der Waals surface area contributed by atoms with E-state index in [4.69, 9.17) is 9.47 Å². The summed E-state index contributed by atoms with van der Waals surface area (Å²) in [5, 5.41) is 0.693. The highest BCUT2D eigenvalue weighted by atomic mass is 32.1. The Bertz CT molecular complexity index is 1010. The number of benzene rings is 2. The van der Waals surface area contributed by atoms with Gasteiger partial charge in [0.2, 0.25) is 0 Å². The molecule has 2 amide bonds. The number of hydrogen-bond acceptors (Lipinski definition) is 7. The van der Waals surface area contributed by atoms with Gasteiger partial charge in [0.25, 0.3) is 5.91 Å². The first-order valence-electron chi connectivity index (χ1n) is 8.23. The normalized spacial score (nSPS) is 13.6. The zero-order chi connectivity index (χ0) is 18.8. The number of nitrogens with zero attached hydrogens (tertiary/aromatic N) is 2. The number of hydrogen-bond donors (Lipinski definition) is 0. The molecule has 0 aliphatic carbocycles. The molecule has 0 bridgehead atoms. The van der Waals surface area contributed by atoms with Crippen molar-refractivity contribution in [2.45, 2.75) is 0 Å². The fourth-order valence-corrected chi connectivity index (χ4v) is 3.74. The van der Waals surface area contributed by atoms with Crippen LogP contribution in [0.4, 0.5) is 4.79 Å². The van der Waals surface area contributed by atoms with Crippen LogP contribution in [0.1, 0.15) is 10.4 Å². The van der Waals surface area contributed by atoms with Crippen LogP contribution in [0.3, 0.4) is 0 Å².